The predicted octanol–water partition coefficient (Wildman–Crippen LogP) is 2.98. The number of hydrogen-bond donors (Lipinski definition) is 2. The molecule has 2 aromatic rings. The first-order chi connectivity index (χ1) is 8.29. The molecule has 1 aromatic carbocycles. The minimum atomic E-state index is 0.610. The largest absolute Gasteiger partial charge is 0.354 e. The fourth-order valence-corrected chi connectivity index (χ4v) is 1.72. The number of nitrogens with one attached hydrogen (secondary N) is 1. The molecule has 0 aliphatic heterocycles. The molecule has 3 N–H and O–H groups in total. The van der Waals surface area contributed by atoms with Crippen LogP contribution in [-0.4, -0.2) is 11.5 Å². The van der Waals surface area contributed by atoms with Gasteiger partial charge in [-0.25, -0.2) is 0 Å². The SMILES string of the molecule is NCCc1ccc(Nc2ccncc2Cl)cc1. The van der Waals surface area contributed by atoms with Crippen molar-refractivity contribution >= 4 is 23.0 Å². The molecule has 0 saturated carbocycles. The second-order valence-electron chi connectivity index (χ2n) is 3.72. The van der Waals surface area contributed by atoms with Crippen molar-refractivity contribution in [3.63, 3.8) is 0 Å². The Morgan fingerprint density at radius 3 is 2.59 bits per heavy atom. The smallest absolute Gasteiger partial charge is 0.0824 e. The van der Waals surface area contributed by atoms with Crippen molar-refractivity contribution < 1.29 is 0 Å². The summed E-state index contributed by atoms with van der Waals surface area (Å²) in [6.07, 6.45) is 4.22. The van der Waals surface area contributed by atoms with E-state index in [4.69, 9.17) is 17.3 Å². The summed E-state index contributed by atoms with van der Waals surface area (Å²) in [5.41, 5.74) is 8.59. The third kappa shape index (κ3) is 3.19. The van der Waals surface area contributed by atoms with Gasteiger partial charge >= 0.3 is 0 Å². The first kappa shape index (κ1) is 11.9. The molecule has 0 aliphatic rings. The lowest BCUT2D eigenvalue weighted by Crippen LogP contribution is -2.02. The van der Waals surface area contributed by atoms with Gasteiger partial charge in [0.05, 0.1) is 10.7 Å². The Balaban J connectivity index is 2.11. The van der Waals surface area contributed by atoms with Gasteiger partial charge < -0.3 is 11.1 Å². The van der Waals surface area contributed by atoms with Crippen LogP contribution in [0.25, 0.3) is 0 Å². The summed E-state index contributed by atoms with van der Waals surface area (Å²) in [5.74, 6) is 0. The summed E-state index contributed by atoms with van der Waals surface area (Å²) in [6, 6.07) is 9.99. The highest BCUT2D eigenvalue weighted by molar-refractivity contribution is 6.33. The molecular formula is C13H14ClN3. The van der Waals surface area contributed by atoms with Gasteiger partial charge in [-0.05, 0) is 36.7 Å². The van der Waals surface area contributed by atoms with Crippen molar-refractivity contribution in [2.24, 2.45) is 5.73 Å². The van der Waals surface area contributed by atoms with Gasteiger partial charge in [0.1, 0.15) is 0 Å². The Kier molecular flexibility index (Phi) is 3.96. The molecule has 0 unspecified atom stereocenters. The van der Waals surface area contributed by atoms with Gasteiger partial charge in [-0.3, -0.25) is 4.98 Å². The Morgan fingerprint density at radius 1 is 1.18 bits per heavy atom. The van der Waals surface area contributed by atoms with E-state index in [9.17, 15) is 0 Å². The standard InChI is InChI=1S/C13H14ClN3/c14-12-9-16-8-6-13(12)17-11-3-1-10(2-4-11)5-7-15/h1-4,6,8-9H,5,7,15H2,(H,16,17). The summed E-state index contributed by atoms with van der Waals surface area (Å²) < 4.78 is 0. The number of hydrogen-bond acceptors (Lipinski definition) is 3. The molecule has 0 saturated heterocycles. The van der Waals surface area contributed by atoms with Gasteiger partial charge in [0.25, 0.3) is 0 Å². The van der Waals surface area contributed by atoms with Gasteiger partial charge in [0.2, 0.25) is 0 Å². The van der Waals surface area contributed by atoms with Crippen LogP contribution in [0.2, 0.25) is 5.02 Å². The number of anilines is 2. The average molecular weight is 248 g/mol. The normalized spacial score (nSPS) is 10.2. The van der Waals surface area contributed by atoms with Crippen molar-refractivity contribution in [1.29, 1.82) is 0 Å². The van der Waals surface area contributed by atoms with Crippen molar-refractivity contribution in [1.82, 2.24) is 4.98 Å². The van der Waals surface area contributed by atoms with Gasteiger partial charge in [-0.2, -0.15) is 0 Å². The molecule has 0 amide bonds. The summed E-state index contributed by atoms with van der Waals surface area (Å²) in [6.45, 7) is 0.670. The van der Waals surface area contributed by atoms with E-state index in [1.807, 2.05) is 18.2 Å². The molecule has 1 aromatic heterocycles. The van der Waals surface area contributed by atoms with Crippen molar-refractivity contribution in [2.45, 2.75) is 6.42 Å². The highest BCUT2D eigenvalue weighted by Gasteiger charge is 1.99. The number of pyridine rings is 1. The topological polar surface area (TPSA) is 50.9 Å². The average Bonchev–Trinajstić information content (AvgIpc) is 2.35. The van der Waals surface area contributed by atoms with Crippen LogP contribution < -0.4 is 11.1 Å². The van der Waals surface area contributed by atoms with E-state index in [1.54, 1.807) is 12.4 Å². The van der Waals surface area contributed by atoms with Crippen LogP contribution in [0.5, 0.6) is 0 Å². The van der Waals surface area contributed by atoms with E-state index in [1.165, 1.54) is 5.56 Å². The van der Waals surface area contributed by atoms with Crippen molar-refractivity contribution in [3.05, 3.63) is 53.3 Å². The van der Waals surface area contributed by atoms with E-state index in [0.717, 1.165) is 17.8 Å². The van der Waals surface area contributed by atoms with E-state index in [2.05, 4.69) is 22.4 Å². The highest BCUT2D eigenvalue weighted by atomic mass is 35.5. The molecule has 0 spiro atoms. The lowest BCUT2D eigenvalue weighted by Gasteiger charge is -2.08. The number of nitrogens with two attached hydrogens (primary N) is 1. The molecule has 4 heteroatoms. The van der Waals surface area contributed by atoms with E-state index < -0.39 is 0 Å². The zero-order valence-electron chi connectivity index (χ0n) is 9.36. The van der Waals surface area contributed by atoms with Crippen LogP contribution in [0.3, 0.4) is 0 Å². The first-order valence-electron chi connectivity index (χ1n) is 5.45. The number of halogens is 1. The minimum Gasteiger partial charge on any atom is -0.354 e. The lowest BCUT2D eigenvalue weighted by molar-refractivity contribution is 0.969. The van der Waals surface area contributed by atoms with Crippen molar-refractivity contribution in [2.75, 3.05) is 11.9 Å². The maximum Gasteiger partial charge on any atom is 0.0824 e. The Labute approximate surface area is 106 Å². The number of nitrogens with zero attached hydrogens (tertiary/aromatic N) is 1. The summed E-state index contributed by atoms with van der Waals surface area (Å²) >= 11 is 6.01. The van der Waals surface area contributed by atoms with Crippen molar-refractivity contribution in [3.8, 4) is 0 Å². The number of aromatic nitrogens is 1. The lowest BCUT2D eigenvalue weighted by atomic mass is 10.1. The third-order valence-electron chi connectivity index (χ3n) is 2.44. The maximum absolute atomic E-state index is 6.01. The summed E-state index contributed by atoms with van der Waals surface area (Å²) in [7, 11) is 0. The maximum atomic E-state index is 6.01. The van der Waals surface area contributed by atoms with Gasteiger partial charge in [-0.15, -0.1) is 0 Å². The molecule has 0 fully saturated rings. The predicted molar refractivity (Wildman–Crippen MR) is 71.7 cm³/mol. The molecule has 0 atom stereocenters. The highest BCUT2D eigenvalue weighted by Crippen LogP contribution is 2.23. The van der Waals surface area contributed by atoms with Crippen LogP contribution in [0.1, 0.15) is 5.56 Å². The molecule has 0 bridgehead atoms. The van der Waals surface area contributed by atoms with E-state index in [-0.39, 0.29) is 0 Å². The second kappa shape index (κ2) is 5.66. The summed E-state index contributed by atoms with van der Waals surface area (Å²) in [4.78, 5) is 3.94. The number of rotatable bonds is 4. The van der Waals surface area contributed by atoms with Gasteiger partial charge in [0, 0.05) is 18.1 Å². The third-order valence-corrected chi connectivity index (χ3v) is 2.74. The molecule has 3 nitrogen and oxygen atoms in total. The quantitative estimate of drug-likeness (QED) is 0.873. The molecule has 0 radical (unpaired) electrons. The Hall–Kier alpha value is -1.58. The summed E-state index contributed by atoms with van der Waals surface area (Å²) in [5, 5.41) is 3.85. The van der Waals surface area contributed by atoms with Gasteiger partial charge in [0.15, 0.2) is 0 Å². The van der Waals surface area contributed by atoms with Crippen LogP contribution in [0, 0.1) is 0 Å². The van der Waals surface area contributed by atoms with E-state index >= 15 is 0 Å². The fourth-order valence-electron chi connectivity index (χ4n) is 1.55. The fraction of sp³-hybridized carbons (Fsp3) is 0.154. The zero-order valence-corrected chi connectivity index (χ0v) is 10.1. The molecule has 1 heterocycles. The molecular weight excluding hydrogens is 234 g/mol. The second-order valence-corrected chi connectivity index (χ2v) is 4.12. The van der Waals surface area contributed by atoms with E-state index in [0.29, 0.717) is 11.6 Å². The Morgan fingerprint density at radius 2 is 1.94 bits per heavy atom. The van der Waals surface area contributed by atoms with Gasteiger partial charge in [-0.1, -0.05) is 23.7 Å². The minimum absolute atomic E-state index is 0.610. The van der Waals surface area contributed by atoms with Crippen LogP contribution in [0.15, 0.2) is 42.7 Å². The molecule has 2 rings (SSSR count). The van der Waals surface area contributed by atoms with Crippen LogP contribution in [0.4, 0.5) is 11.4 Å². The van der Waals surface area contributed by atoms with Crippen LogP contribution in [-0.2, 0) is 6.42 Å². The molecule has 0 aliphatic carbocycles. The Bertz CT molecular complexity index is 482. The molecule has 88 valence electrons. The molecule has 17 heavy (non-hydrogen) atoms. The zero-order chi connectivity index (χ0) is 12.1. The first-order valence-corrected chi connectivity index (χ1v) is 5.83. The van der Waals surface area contributed by atoms with Crippen LogP contribution >= 0.6 is 11.6 Å². The number of benzene rings is 1. The monoisotopic (exact) mass is 247 g/mol.